The topological polar surface area (TPSA) is 100 Å². The number of rotatable bonds is 4. The minimum absolute atomic E-state index is 0.0414. The predicted octanol–water partition coefficient (Wildman–Crippen LogP) is 4.62. The molecule has 0 radical (unpaired) electrons. The van der Waals surface area contributed by atoms with Crippen LogP contribution < -0.4 is 21.3 Å². The van der Waals surface area contributed by atoms with Crippen LogP contribution in [0.3, 0.4) is 0 Å². The third-order valence-electron chi connectivity index (χ3n) is 6.84. The van der Waals surface area contributed by atoms with Crippen LogP contribution in [-0.4, -0.2) is 30.0 Å². The van der Waals surface area contributed by atoms with Crippen LogP contribution in [0.15, 0.2) is 76.7 Å². The molecule has 4 N–H and O–H groups in total. The van der Waals surface area contributed by atoms with Gasteiger partial charge >= 0.3 is 0 Å². The van der Waals surface area contributed by atoms with Gasteiger partial charge in [-0.2, -0.15) is 4.99 Å². The first kappa shape index (κ1) is 21.9. The fraction of sp³-hybridized carbons (Fsp3) is 0.296. The lowest BCUT2D eigenvalue weighted by atomic mass is 9.87. The van der Waals surface area contributed by atoms with Crippen LogP contribution in [0, 0.1) is 0 Å². The molecular formula is C27H30N6O. The van der Waals surface area contributed by atoms with E-state index in [4.69, 9.17) is 16.5 Å². The molecule has 1 amide bonds. The molecule has 3 aromatic carbocycles. The summed E-state index contributed by atoms with van der Waals surface area (Å²) in [6.45, 7) is 2.56. The normalized spacial score (nSPS) is 17.4. The van der Waals surface area contributed by atoms with Crippen LogP contribution in [0.2, 0.25) is 0 Å². The molecule has 0 atom stereocenters. The van der Waals surface area contributed by atoms with Crippen molar-refractivity contribution in [2.24, 2.45) is 21.5 Å². The van der Waals surface area contributed by atoms with Gasteiger partial charge in [0.1, 0.15) is 5.66 Å². The number of guanidine groups is 2. The molecule has 1 heterocycles. The lowest BCUT2D eigenvalue weighted by Crippen LogP contribution is -2.58. The summed E-state index contributed by atoms with van der Waals surface area (Å²) in [6.07, 6.45) is 5.04. The molecule has 0 unspecified atom stereocenters. The number of benzene rings is 3. The van der Waals surface area contributed by atoms with E-state index in [-0.39, 0.29) is 11.9 Å². The number of hydrogen-bond acceptors (Lipinski definition) is 6. The summed E-state index contributed by atoms with van der Waals surface area (Å²) in [5.41, 5.74) is 14.2. The number of carbonyl (C=O) groups excluding carboxylic acids is 1. The molecular weight excluding hydrogens is 424 g/mol. The molecule has 1 aliphatic heterocycles. The van der Waals surface area contributed by atoms with E-state index in [2.05, 4.69) is 23.2 Å². The summed E-state index contributed by atoms with van der Waals surface area (Å²) in [5, 5.41) is 2.17. The summed E-state index contributed by atoms with van der Waals surface area (Å²) >= 11 is 0. The molecule has 2 aliphatic rings. The highest BCUT2D eigenvalue weighted by atomic mass is 16.2. The van der Waals surface area contributed by atoms with Gasteiger partial charge in [0, 0.05) is 23.2 Å². The predicted molar refractivity (Wildman–Crippen MR) is 139 cm³/mol. The number of aliphatic imine (C=N–C) groups is 2. The molecule has 34 heavy (non-hydrogen) atoms. The molecule has 1 spiro atoms. The maximum absolute atomic E-state index is 13.5. The van der Waals surface area contributed by atoms with E-state index in [9.17, 15) is 4.79 Å². The number of nitrogens with two attached hydrogens (primary N) is 2. The van der Waals surface area contributed by atoms with Crippen LogP contribution in [-0.2, 0) is 0 Å². The number of hydrogen-bond donors (Lipinski definition) is 2. The number of carbonyl (C=O) groups is 1. The van der Waals surface area contributed by atoms with Gasteiger partial charge in [0.15, 0.2) is 0 Å². The van der Waals surface area contributed by atoms with Gasteiger partial charge in [0.25, 0.3) is 5.91 Å². The monoisotopic (exact) mass is 454 g/mol. The van der Waals surface area contributed by atoms with Gasteiger partial charge in [-0.05, 0) is 68.3 Å². The fourth-order valence-electron chi connectivity index (χ4n) is 5.27. The zero-order valence-electron chi connectivity index (χ0n) is 19.4. The second-order valence-electron chi connectivity index (χ2n) is 8.91. The highest BCUT2D eigenvalue weighted by molar-refractivity contribution is 6.11. The summed E-state index contributed by atoms with van der Waals surface area (Å²) in [6, 6.07) is 21.8. The van der Waals surface area contributed by atoms with Gasteiger partial charge in [0.05, 0.1) is 5.69 Å². The minimum atomic E-state index is -0.502. The van der Waals surface area contributed by atoms with Crippen molar-refractivity contribution >= 4 is 40.0 Å². The Bertz CT molecular complexity index is 1270. The Morgan fingerprint density at radius 2 is 1.68 bits per heavy atom. The van der Waals surface area contributed by atoms with E-state index in [1.807, 2.05) is 65.3 Å². The van der Waals surface area contributed by atoms with E-state index >= 15 is 0 Å². The van der Waals surface area contributed by atoms with Crippen molar-refractivity contribution in [2.45, 2.75) is 44.7 Å². The third-order valence-corrected chi connectivity index (χ3v) is 6.84. The van der Waals surface area contributed by atoms with Gasteiger partial charge in [-0.3, -0.25) is 9.69 Å². The van der Waals surface area contributed by atoms with Gasteiger partial charge < -0.3 is 16.4 Å². The first-order valence-electron chi connectivity index (χ1n) is 11.9. The standard InChI is InChI=1S/C27H30N6O/c1-2-32(23-12-8-10-19-9-4-5-11-22(19)23)24(34)20-13-15-21(16-14-20)33-26(29)30-25(28)31-27(33)17-6-3-7-18-27/h4-5,8-16H,2-3,6-7,17-18H2,1H3,(H4,28,29,30,31). The smallest absolute Gasteiger partial charge is 0.258 e. The molecule has 0 aromatic heterocycles. The van der Waals surface area contributed by atoms with Crippen molar-refractivity contribution in [1.29, 1.82) is 0 Å². The van der Waals surface area contributed by atoms with Crippen molar-refractivity contribution < 1.29 is 4.79 Å². The number of anilines is 2. The molecule has 1 aliphatic carbocycles. The Labute approximate surface area is 199 Å². The SMILES string of the molecule is CCN(C(=O)c1ccc(N2C(N)=NC(N)=NC23CCCCC3)cc1)c1cccc2ccccc12. The summed E-state index contributed by atoms with van der Waals surface area (Å²) in [7, 11) is 0. The summed E-state index contributed by atoms with van der Waals surface area (Å²) in [4.78, 5) is 26.3. The number of nitrogens with zero attached hydrogens (tertiary/aromatic N) is 4. The van der Waals surface area contributed by atoms with Gasteiger partial charge in [-0.15, -0.1) is 0 Å². The van der Waals surface area contributed by atoms with Crippen molar-refractivity contribution in [2.75, 3.05) is 16.3 Å². The number of fused-ring (bicyclic) bond motifs is 1. The van der Waals surface area contributed by atoms with E-state index in [0.717, 1.165) is 47.8 Å². The molecule has 7 nitrogen and oxygen atoms in total. The lowest BCUT2D eigenvalue weighted by molar-refractivity contribution is 0.0988. The summed E-state index contributed by atoms with van der Waals surface area (Å²) < 4.78 is 0. The number of amides is 1. The van der Waals surface area contributed by atoms with Crippen molar-refractivity contribution in [3.8, 4) is 0 Å². The Kier molecular flexibility index (Phi) is 5.69. The first-order valence-corrected chi connectivity index (χ1v) is 11.9. The zero-order valence-corrected chi connectivity index (χ0v) is 19.4. The molecule has 5 rings (SSSR count). The zero-order chi connectivity index (χ0) is 23.7. The second kappa shape index (κ2) is 8.82. The van der Waals surface area contributed by atoms with Crippen molar-refractivity contribution in [3.05, 3.63) is 72.3 Å². The van der Waals surface area contributed by atoms with E-state index in [1.165, 1.54) is 6.42 Å². The van der Waals surface area contributed by atoms with Crippen LogP contribution >= 0.6 is 0 Å². The highest BCUT2D eigenvalue weighted by Gasteiger charge is 2.42. The van der Waals surface area contributed by atoms with Crippen molar-refractivity contribution in [1.82, 2.24) is 0 Å². The van der Waals surface area contributed by atoms with Crippen LogP contribution in [0.5, 0.6) is 0 Å². The van der Waals surface area contributed by atoms with E-state index in [1.54, 1.807) is 0 Å². The molecule has 174 valence electrons. The minimum Gasteiger partial charge on any atom is -0.369 e. The van der Waals surface area contributed by atoms with E-state index in [0.29, 0.717) is 18.1 Å². The third kappa shape index (κ3) is 3.77. The molecule has 0 bridgehead atoms. The largest absolute Gasteiger partial charge is 0.369 e. The molecule has 3 aromatic rings. The average Bonchev–Trinajstić information content (AvgIpc) is 2.85. The van der Waals surface area contributed by atoms with Gasteiger partial charge in [-0.1, -0.05) is 42.8 Å². The van der Waals surface area contributed by atoms with Crippen LogP contribution in [0.25, 0.3) is 10.8 Å². The quantitative estimate of drug-likeness (QED) is 0.601. The molecule has 1 saturated carbocycles. The molecule has 7 heteroatoms. The Morgan fingerprint density at radius 3 is 2.41 bits per heavy atom. The maximum atomic E-state index is 13.5. The van der Waals surface area contributed by atoms with Crippen molar-refractivity contribution in [3.63, 3.8) is 0 Å². The average molecular weight is 455 g/mol. The highest BCUT2D eigenvalue weighted by Crippen LogP contribution is 2.39. The Morgan fingerprint density at radius 1 is 0.971 bits per heavy atom. The molecule has 1 fully saturated rings. The summed E-state index contributed by atoms with van der Waals surface area (Å²) in [5.74, 6) is 0.538. The van der Waals surface area contributed by atoms with E-state index < -0.39 is 5.66 Å². The fourth-order valence-corrected chi connectivity index (χ4v) is 5.27. The Balaban J connectivity index is 1.46. The van der Waals surface area contributed by atoms with Gasteiger partial charge in [0.2, 0.25) is 11.9 Å². The van der Waals surface area contributed by atoms with Crippen LogP contribution in [0.1, 0.15) is 49.4 Å². The maximum Gasteiger partial charge on any atom is 0.258 e. The molecule has 0 saturated heterocycles. The second-order valence-corrected chi connectivity index (χ2v) is 8.91. The van der Waals surface area contributed by atoms with Crippen LogP contribution in [0.4, 0.5) is 11.4 Å². The lowest BCUT2D eigenvalue weighted by Gasteiger charge is -2.45. The van der Waals surface area contributed by atoms with Gasteiger partial charge in [-0.25, -0.2) is 4.99 Å². The first-order chi connectivity index (χ1) is 16.5. The Hall–Kier alpha value is -3.87.